The SMILES string of the molecule is Nc1cnc(-c2sccc2Br)s1. The zero-order valence-corrected chi connectivity index (χ0v) is 9.17. The molecule has 2 aromatic rings. The number of nitrogen functional groups attached to an aromatic ring is 1. The number of thiophene rings is 1. The van der Waals surface area contributed by atoms with Crippen LogP contribution in [0, 0.1) is 0 Å². The first-order valence-electron chi connectivity index (χ1n) is 3.22. The van der Waals surface area contributed by atoms with Crippen LogP contribution in [0.1, 0.15) is 0 Å². The van der Waals surface area contributed by atoms with E-state index < -0.39 is 0 Å². The van der Waals surface area contributed by atoms with E-state index in [0.29, 0.717) is 0 Å². The van der Waals surface area contributed by atoms with Crippen molar-refractivity contribution in [2.45, 2.75) is 0 Å². The molecule has 2 nitrogen and oxygen atoms in total. The molecule has 0 atom stereocenters. The first-order valence-corrected chi connectivity index (χ1v) is 5.71. The molecular weight excluding hydrogens is 256 g/mol. The maximum atomic E-state index is 5.58. The molecule has 0 bridgehead atoms. The van der Waals surface area contributed by atoms with Gasteiger partial charge in [-0.2, -0.15) is 0 Å². The lowest BCUT2D eigenvalue weighted by molar-refractivity contribution is 1.43. The van der Waals surface area contributed by atoms with E-state index in [4.69, 9.17) is 5.73 Å². The van der Waals surface area contributed by atoms with Crippen molar-refractivity contribution >= 4 is 43.6 Å². The molecule has 0 aromatic carbocycles. The largest absolute Gasteiger partial charge is 0.389 e. The van der Waals surface area contributed by atoms with Gasteiger partial charge in [-0.15, -0.1) is 11.3 Å². The summed E-state index contributed by atoms with van der Waals surface area (Å²) in [5.41, 5.74) is 5.58. The second-order valence-electron chi connectivity index (χ2n) is 2.17. The van der Waals surface area contributed by atoms with Crippen molar-refractivity contribution in [3.8, 4) is 9.88 Å². The summed E-state index contributed by atoms with van der Waals surface area (Å²) >= 11 is 6.62. The quantitative estimate of drug-likeness (QED) is 0.856. The molecule has 0 saturated heterocycles. The predicted molar refractivity (Wildman–Crippen MR) is 57.5 cm³/mol. The molecule has 62 valence electrons. The number of rotatable bonds is 1. The van der Waals surface area contributed by atoms with Gasteiger partial charge in [0.25, 0.3) is 0 Å². The molecule has 0 fully saturated rings. The summed E-state index contributed by atoms with van der Waals surface area (Å²) in [6.45, 7) is 0. The van der Waals surface area contributed by atoms with Crippen molar-refractivity contribution in [3.05, 3.63) is 22.1 Å². The number of hydrogen-bond donors (Lipinski definition) is 1. The van der Waals surface area contributed by atoms with Gasteiger partial charge in [-0.25, -0.2) is 4.98 Å². The topological polar surface area (TPSA) is 38.9 Å². The molecule has 2 heterocycles. The Kier molecular flexibility index (Phi) is 2.16. The number of halogens is 1. The molecule has 0 radical (unpaired) electrons. The van der Waals surface area contributed by atoms with E-state index in [1.807, 2.05) is 11.4 Å². The van der Waals surface area contributed by atoms with Crippen LogP contribution in [0.5, 0.6) is 0 Å². The van der Waals surface area contributed by atoms with E-state index in [1.54, 1.807) is 17.5 Å². The lowest BCUT2D eigenvalue weighted by Gasteiger charge is -1.88. The summed E-state index contributed by atoms with van der Waals surface area (Å²) in [6, 6.07) is 2.01. The van der Waals surface area contributed by atoms with Crippen LogP contribution >= 0.6 is 38.6 Å². The third-order valence-corrected chi connectivity index (χ3v) is 4.15. The van der Waals surface area contributed by atoms with Gasteiger partial charge in [-0.3, -0.25) is 0 Å². The minimum atomic E-state index is 0.755. The number of hydrogen-bond acceptors (Lipinski definition) is 4. The average molecular weight is 261 g/mol. The van der Waals surface area contributed by atoms with E-state index in [9.17, 15) is 0 Å². The fourth-order valence-electron chi connectivity index (χ4n) is 0.838. The maximum absolute atomic E-state index is 5.58. The highest BCUT2D eigenvalue weighted by Gasteiger charge is 2.07. The van der Waals surface area contributed by atoms with Gasteiger partial charge in [0.2, 0.25) is 0 Å². The number of anilines is 1. The minimum absolute atomic E-state index is 0.755. The van der Waals surface area contributed by atoms with Crippen LogP contribution in [-0.4, -0.2) is 4.98 Å². The summed E-state index contributed by atoms with van der Waals surface area (Å²) in [5, 5.41) is 3.76. The molecule has 0 aliphatic carbocycles. The number of nitrogens with two attached hydrogens (primary N) is 1. The summed E-state index contributed by atoms with van der Waals surface area (Å²) in [4.78, 5) is 5.34. The minimum Gasteiger partial charge on any atom is -0.389 e. The van der Waals surface area contributed by atoms with E-state index in [-0.39, 0.29) is 0 Å². The van der Waals surface area contributed by atoms with Crippen molar-refractivity contribution in [1.29, 1.82) is 0 Å². The van der Waals surface area contributed by atoms with E-state index >= 15 is 0 Å². The smallest absolute Gasteiger partial charge is 0.136 e. The van der Waals surface area contributed by atoms with Crippen LogP contribution in [0.3, 0.4) is 0 Å². The zero-order chi connectivity index (χ0) is 8.55. The van der Waals surface area contributed by atoms with Crippen molar-refractivity contribution in [2.75, 3.05) is 5.73 Å². The molecule has 2 N–H and O–H groups in total. The van der Waals surface area contributed by atoms with Crippen LogP contribution in [-0.2, 0) is 0 Å². The maximum Gasteiger partial charge on any atom is 0.136 e. The second kappa shape index (κ2) is 3.16. The monoisotopic (exact) mass is 260 g/mol. The number of aromatic nitrogens is 1. The summed E-state index contributed by atoms with van der Waals surface area (Å²) in [5.74, 6) is 0. The Balaban J connectivity index is 2.50. The highest BCUT2D eigenvalue weighted by Crippen LogP contribution is 2.36. The Hall–Kier alpha value is -0.390. The molecule has 0 aliphatic heterocycles. The molecular formula is C7H5BrN2S2. The van der Waals surface area contributed by atoms with Crippen LogP contribution in [0.25, 0.3) is 9.88 Å². The summed E-state index contributed by atoms with van der Waals surface area (Å²) < 4.78 is 1.09. The molecule has 0 amide bonds. The van der Waals surface area contributed by atoms with Gasteiger partial charge in [-0.1, -0.05) is 11.3 Å². The van der Waals surface area contributed by atoms with Crippen LogP contribution in [0.15, 0.2) is 22.1 Å². The molecule has 0 aliphatic rings. The lowest BCUT2D eigenvalue weighted by atomic mass is 10.5. The molecule has 2 aromatic heterocycles. The number of nitrogens with zero attached hydrogens (tertiary/aromatic N) is 1. The zero-order valence-electron chi connectivity index (χ0n) is 5.95. The standard InChI is InChI=1S/C7H5BrN2S2/c8-4-1-2-11-6(4)7-10-3-5(9)12-7/h1-3H,9H2. The van der Waals surface area contributed by atoms with E-state index in [2.05, 4.69) is 20.9 Å². The molecule has 0 spiro atoms. The Labute approximate surface area is 86.2 Å². The number of thiazole rings is 1. The Morgan fingerprint density at radius 2 is 2.33 bits per heavy atom. The van der Waals surface area contributed by atoms with Crippen molar-refractivity contribution in [2.24, 2.45) is 0 Å². The van der Waals surface area contributed by atoms with Crippen molar-refractivity contribution in [3.63, 3.8) is 0 Å². The Bertz CT molecular complexity index is 394. The summed E-state index contributed by atoms with van der Waals surface area (Å²) in [6.07, 6.45) is 1.69. The van der Waals surface area contributed by atoms with Gasteiger partial charge in [0.15, 0.2) is 0 Å². The fourth-order valence-corrected chi connectivity index (χ4v) is 3.32. The van der Waals surface area contributed by atoms with Crippen molar-refractivity contribution in [1.82, 2.24) is 4.98 Å². The van der Waals surface area contributed by atoms with Gasteiger partial charge in [-0.05, 0) is 27.4 Å². The molecule has 0 unspecified atom stereocenters. The van der Waals surface area contributed by atoms with Gasteiger partial charge in [0.05, 0.1) is 11.1 Å². The molecule has 5 heteroatoms. The molecule has 0 saturated carbocycles. The highest BCUT2D eigenvalue weighted by molar-refractivity contribution is 9.10. The predicted octanol–water partition coefficient (Wildman–Crippen LogP) is 3.22. The molecule has 12 heavy (non-hydrogen) atoms. The van der Waals surface area contributed by atoms with E-state index in [1.165, 1.54) is 11.3 Å². The van der Waals surface area contributed by atoms with Crippen LogP contribution < -0.4 is 5.73 Å². The fraction of sp³-hybridized carbons (Fsp3) is 0. The van der Waals surface area contributed by atoms with Crippen molar-refractivity contribution < 1.29 is 0 Å². The average Bonchev–Trinajstić information content (AvgIpc) is 2.58. The van der Waals surface area contributed by atoms with Crippen LogP contribution in [0.2, 0.25) is 0 Å². The van der Waals surface area contributed by atoms with Gasteiger partial charge >= 0.3 is 0 Å². The Morgan fingerprint density at radius 1 is 1.50 bits per heavy atom. The summed E-state index contributed by atoms with van der Waals surface area (Å²) in [7, 11) is 0. The molecule has 2 rings (SSSR count). The highest BCUT2D eigenvalue weighted by atomic mass is 79.9. The lowest BCUT2D eigenvalue weighted by Crippen LogP contribution is -1.73. The van der Waals surface area contributed by atoms with Gasteiger partial charge < -0.3 is 5.73 Å². The van der Waals surface area contributed by atoms with Crippen LogP contribution in [0.4, 0.5) is 5.00 Å². The Morgan fingerprint density at radius 3 is 2.83 bits per heavy atom. The third kappa shape index (κ3) is 1.39. The van der Waals surface area contributed by atoms with E-state index in [0.717, 1.165) is 19.4 Å². The van der Waals surface area contributed by atoms with Gasteiger partial charge in [0, 0.05) is 4.47 Å². The normalized spacial score (nSPS) is 10.4. The van der Waals surface area contributed by atoms with Gasteiger partial charge in [0.1, 0.15) is 10.0 Å². The first-order chi connectivity index (χ1) is 5.77. The third-order valence-electron chi connectivity index (χ3n) is 1.33. The second-order valence-corrected chi connectivity index (χ2v) is 5.00. The first kappa shape index (κ1) is 8.22.